The summed E-state index contributed by atoms with van der Waals surface area (Å²) in [6.45, 7) is 8.88. The van der Waals surface area contributed by atoms with Gasteiger partial charge in [-0.3, -0.25) is 4.90 Å². The average molecular weight is 486 g/mol. The van der Waals surface area contributed by atoms with E-state index in [1.807, 2.05) is 30.3 Å². The summed E-state index contributed by atoms with van der Waals surface area (Å²) in [6.07, 6.45) is -1.93. The van der Waals surface area contributed by atoms with Crippen molar-refractivity contribution in [3.8, 4) is 5.75 Å². The topological polar surface area (TPSA) is 102 Å². The summed E-state index contributed by atoms with van der Waals surface area (Å²) in [6, 6.07) is 15.8. The van der Waals surface area contributed by atoms with Gasteiger partial charge in [0.2, 0.25) is 6.10 Å². The Morgan fingerprint density at radius 3 is 2.06 bits per heavy atom. The maximum Gasteiger partial charge on any atom is 0.410 e. The highest BCUT2D eigenvalue weighted by Gasteiger charge is 2.35. The zero-order chi connectivity index (χ0) is 26.2. The van der Waals surface area contributed by atoms with Crippen molar-refractivity contribution >= 4 is 18.0 Å². The first-order valence-electron chi connectivity index (χ1n) is 11.5. The Balaban J connectivity index is 2.18. The van der Waals surface area contributed by atoms with Crippen LogP contribution < -0.4 is 4.74 Å². The SMILES string of the molecule is CC(C)[C@@H](OC(=O)[C@H](Cc1ccc(OCc2ccccc2)cc1)N(C)C(=O)OC(C)(C)C)C(=O)O. The van der Waals surface area contributed by atoms with Crippen LogP contribution in [0, 0.1) is 5.92 Å². The molecule has 1 N–H and O–H groups in total. The van der Waals surface area contributed by atoms with Gasteiger partial charge in [-0.05, 0) is 44.0 Å². The van der Waals surface area contributed by atoms with E-state index < -0.39 is 41.7 Å². The van der Waals surface area contributed by atoms with Crippen LogP contribution in [-0.2, 0) is 32.1 Å². The molecule has 2 aromatic carbocycles. The normalized spacial score (nSPS) is 13.0. The second kappa shape index (κ2) is 12.2. The largest absolute Gasteiger partial charge is 0.489 e. The molecule has 0 aliphatic heterocycles. The van der Waals surface area contributed by atoms with Crippen LogP contribution in [0.15, 0.2) is 54.6 Å². The lowest BCUT2D eigenvalue weighted by atomic mass is 10.0. The van der Waals surface area contributed by atoms with Crippen LogP contribution in [-0.4, -0.2) is 52.8 Å². The second-order valence-corrected chi connectivity index (χ2v) is 9.67. The molecule has 0 radical (unpaired) electrons. The minimum atomic E-state index is -1.33. The summed E-state index contributed by atoms with van der Waals surface area (Å²) in [7, 11) is 1.43. The fourth-order valence-corrected chi connectivity index (χ4v) is 3.20. The number of aliphatic carboxylic acids is 1. The maximum absolute atomic E-state index is 13.0. The van der Waals surface area contributed by atoms with Crippen LogP contribution in [0.3, 0.4) is 0 Å². The van der Waals surface area contributed by atoms with E-state index in [1.54, 1.807) is 58.9 Å². The number of ether oxygens (including phenoxy) is 3. The fourth-order valence-electron chi connectivity index (χ4n) is 3.20. The van der Waals surface area contributed by atoms with Gasteiger partial charge in [0.15, 0.2) is 0 Å². The Morgan fingerprint density at radius 1 is 0.943 bits per heavy atom. The predicted molar refractivity (Wildman–Crippen MR) is 131 cm³/mol. The summed E-state index contributed by atoms with van der Waals surface area (Å²) in [5.41, 5.74) is 1.02. The third-order valence-corrected chi connectivity index (χ3v) is 5.11. The fraction of sp³-hybridized carbons (Fsp3) is 0.444. The van der Waals surface area contributed by atoms with Crippen molar-refractivity contribution in [1.82, 2.24) is 4.90 Å². The minimum Gasteiger partial charge on any atom is -0.489 e. The third-order valence-electron chi connectivity index (χ3n) is 5.11. The first-order chi connectivity index (χ1) is 16.4. The lowest BCUT2D eigenvalue weighted by molar-refractivity contribution is -0.170. The number of hydrogen-bond acceptors (Lipinski definition) is 6. The Morgan fingerprint density at radius 2 is 1.54 bits per heavy atom. The molecule has 0 spiro atoms. The Kier molecular flexibility index (Phi) is 9.68. The molecule has 0 aliphatic rings. The van der Waals surface area contributed by atoms with Crippen molar-refractivity contribution in [3.05, 3.63) is 65.7 Å². The molecule has 0 unspecified atom stereocenters. The number of esters is 1. The highest BCUT2D eigenvalue weighted by atomic mass is 16.6. The molecule has 0 saturated carbocycles. The molecule has 0 heterocycles. The van der Waals surface area contributed by atoms with Crippen molar-refractivity contribution in [2.24, 2.45) is 5.92 Å². The molecule has 8 nitrogen and oxygen atoms in total. The number of carboxylic acids is 1. The summed E-state index contributed by atoms with van der Waals surface area (Å²) >= 11 is 0. The van der Waals surface area contributed by atoms with E-state index >= 15 is 0 Å². The second-order valence-electron chi connectivity index (χ2n) is 9.67. The molecule has 35 heavy (non-hydrogen) atoms. The lowest BCUT2D eigenvalue weighted by Crippen LogP contribution is -2.48. The summed E-state index contributed by atoms with van der Waals surface area (Å²) < 4.78 is 16.5. The van der Waals surface area contributed by atoms with Crippen LogP contribution in [0.4, 0.5) is 4.79 Å². The molecule has 1 amide bonds. The van der Waals surface area contributed by atoms with Crippen LogP contribution in [0.1, 0.15) is 45.7 Å². The first kappa shape index (κ1) is 27.7. The van der Waals surface area contributed by atoms with Gasteiger partial charge in [0, 0.05) is 19.4 Å². The van der Waals surface area contributed by atoms with Gasteiger partial charge in [0.05, 0.1) is 0 Å². The number of carboxylic acid groups (broad SMARTS) is 1. The van der Waals surface area contributed by atoms with E-state index in [4.69, 9.17) is 14.2 Å². The number of amides is 1. The minimum absolute atomic E-state index is 0.109. The van der Waals surface area contributed by atoms with Crippen molar-refractivity contribution in [1.29, 1.82) is 0 Å². The molecule has 0 fully saturated rings. The highest BCUT2D eigenvalue weighted by molar-refractivity contribution is 5.84. The molecule has 0 saturated heterocycles. The Bertz CT molecular complexity index is 981. The van der Waals surface area contributed by atoms with Crippen molar-refractivity contribution < 1.29 is 33.7 Å². The standard InChI is InChI=1S/C27H35NO7/c1-18(2)23(24(29)30)34-25(31)22(28(6)26(32)35-27(3,4)5)16-19-12-14-21(15-13-19)33-17-20-10-8-7-9-11-20/h7-15,18,22-23H,16-17H2,1-6H3,(H,29,30)/t22-,23+/m0/s1. The van der Waals surface area contributed by atoms with E-state index in [1.165, 1.54) is 7.05 Å². The van der Waals surface area contributed by atoms with Gasteiger partial charge in [0.25, 0.3) is 0 Å². The number of carbonyl (C=O) groups excluding carboxylic acids is 2. The highest BCUT2D eigenvalue weighted by Crippen LogP contribution is 2.20. The zero-order valence-electron chi connectivity index (χ0n) is 21.2. The summed E-state index contributed by atoms with van der Waals surface area (Å²) in [4.78, 5) is 38.4. The molecular weight excluding hydrogens is 450 g/mol. The molecule has 0 bridgehead atoms. The molecule has 2 atom stereocenters. The first-order valence-corrected chi connectivity index (χ1v) is 11.5. The molecule has 2 aromatic rings. The van der Waals surface area contributed by atoms with Crippen LogP contribution in [0.5, 0.6) is 5.75 Å². The number of benzene rings is 2. The number of rotatable bonds is 10. The summed E-state index contributed by atoms with van der Waals surface area (Å²) in [5, 5.41) is 9.43. The van der Waals surface area contributed by atoms with Gasteiger partial charge in [-0.25, -0.2) is 14.4 Å². The third kappa shape index (κ3) is 8.96. The van der Waals surface area contributed by atoms with E-state index in [-0.39, 0.29) is 6.42 Å². The van der Waals surface area contributed by atoms with Crippen LogP contribution in [0.2, 0.25) is 0 Å². The van der Waals surface area contributed by atoms with Gasteiger partial charge >= 0.3 is 18.0 Å². The quantitative estimate of drug-likeness (QED) is 0.487. The molecular formula is C27H35NO7. The summed E-state index contributed by atoms with van der Waals surface area (Å²) in [5.74, 6) is -1.84. The van der Waals surface area contributed by atoms with Crippen molar-refractivity contribution in [2.75, 3.05) is 7.05 Å². The Hall–Kier alpha value is -3.55. The number of hydrogen-bond donors (Lipinski definition) is 1. The van der Waals surface area contributed by atoms with E-state index in [9.17, 15) is 19.5 Å². The van der Waals surface area contributed by atoms with Crippen LogP contribution in [0.25, 0.3) is 0 Å². The van der Waals surface area contributed by atoms with E-state index in [0.717, 1.165) is 16.0 Å². The maximum atomic E-state index is 13.0. The number of nitrogens with zero attached hydrogens (tertiary/aromatic N) is 1. The molecule has 190 valence electrons. The number of likely N-dealkylation sites (N-methyl/N-ethyl adjacent to an activating group) is 1. The molecule has 8 heteroatoms. The smallest absolute Gasteiger partial charge is 0.410 e. The van der Waals surface area contributed by atoms with Gasteiger partial charge < -0.3 is 19.3 Å². The zero-order valence-corrected chi connectivity index (χ0v) is 21.2. The monoisotopic (exact) mass is 485 g/mol. The van der Waals surface area contributed by atoms with E-state index in [0.29, 0.717) is 12.4 Å². The molecule has 2 rings (SSSR count). The van der Waals surface area contributed by atoms with Crippen molar-refractivity contribution in [2.45, 2.75) is 65.4 Å². The lowest BCUT2D eigenvalue weighted by Gasteiger charge is -2.30. The van der Waals surface area contributed by atoms with Crippen molar-refractivity contribution in [3.63, 3.8) is 0 Å². The van der Waals surface area contributed by atoms with Gasteiger partial charge in [-0.1, -0.05) is 56.3 Å². The van der Waals surface area contributed by atoms with Gasteiger partial charge in [-0.2, -0.15) is 0 Å². The number of carbonyl (C=O) groups is 3. The Labute approximate surface area is 206 Å². The average Bonchev–Trinajstić information content (AvgIpc) is 2.79. The van der Waals surface area contributed by atoms with Crippen LogP contribution >= 0.6 is 0 Å². The van der Waals surface area contributed by atoms with Gasteiger partial charge in [0.1, 0.15) is 24.0 Å². The van der Waals surface area contributed by atoms with E-state index in [2.05, 4.69) is 0 Å². The van der Waals surface area contributed by atoms with Gasteiger partial charge in [-0.15, -0.1) is 0 Å². The molecule has 0 aliphatic carbocycles. The predicted octanol–water partition coefficient (Wildman–Crippen LogP) is 4.70. The molecule has 0 aromatic heterocycles.